The van der Waals surface area contributed by atoms with Crippen LogP contribution in [0.25, 0.3) is 10.8 Å². The Kier molecular flexibility index (Phi) is 5.69. The van der Waals surface area contributed by atoms with Crippen molar-refractivity contribution in [2.45, 2.75) is 37.8 Å². The zero-order valence-electron chi connectivity index (χ0n) is 15.7. The number of carbonyl (C=O) groups is 2. The van der Waals surface area contributed by atoms with Crippen LogP contribution in [0.4, 0.5) is 0 Å². The number of hydrogen-bond donors (Lipinski definition) is 1. The number of nitriles is 1. The molecule has 1 aliphatic carbocycles. The number of carbonyl (C=O) groups excluding carboxylic acids is 2. The molecule has 146 valence electrons. The van der Waals surface area contributed by atoms with Crippen molar-refractivity contribution in [3.63, 3.8) is 0 Å². The first-order valence-electron chi connectivity index (χ1n) is 9.77. The molecule has 7 heteroatoms. The smallest absolute Gasteiger partial charge is 0.238 e. The minimum atomic E-state index is -0.301. The standard InChI is InChI=1S/C21H24N4O2S/c22-9-19-13-28-14-25(19)20(26)10-23-18-7-5-15(6-8-18)21(27)24-11-16-3-1-2-4-17(16)12-24/h1-4,11-12,15,18-19,23H,5-8,10,13-14H2/t15?,18?,19-/m1/s1. The van der Waals surface area contributed by atoms with Crippen LogP contribution in [0, 0.1) is 17.2 Å². The van der Waals surface area contributed by atoms with E-state index < -0.39 is 0 Å². The third-order valence-corrected chi connectivity index (χ3v) is 6.79. The lowest BCUT2D eigenvalue weighted by Crippen LogP contribution is -2.45. The van der Waals surface area contributed by atoms with Crippen LogP contribution in [0.2, 0.25) is 0 Å². The first kappa shape index (κ1) is 19.0. The molecule has 1 saturated carbocycles. The molecule has 1 aromatic carbocycles. The number of fused-ring (bicyclic) bond motifs is 1. The van der Waals surface area contributed by atoms with Crippen LogP contribution in [-0.4, -0.2) is 51.5 Å². The van der Waals surface area contributed by atoms with Gasteiger partial charge in [0.05, 0.1) is 18.5 Å². The monoisotopic (exact) mass is 396 g/mol. The fourth-order valence-corrected chi connectivity index (χ4v) is 5.20. The molecule has 1 aromatic heterocycles. The van der Waals surface area contributed by atoms with E-state index in [-0.39, 0.29) is 36.4 Å². The van der Waals surface area contributed by atoms with Gasteiger partial charge in [0.15, 0.2) is 0 Å². The lowest BCUT2D eigenvalue weighted by atomic mass is 9.85. The Morgan fingerprint density at radius 3 is 2.46 bits per heavy atom. The molecular weight excluding hydrogens is 372 g/mol. The SMILES string of the molecule is N#C[C@@H]1CSCN1C(=O)CNC1CCC(C(=O)n2cc3ccccc3c2)CC1. The van der Waals surface area contributed by atoms with Gasteiger partial charge in [-0.3, -0.25) is 14.2 Å². The number of nitrogens with one attached hydrogen (secondary N) is 1. The van der Waals surface area contributed by atoms with Gasteiger partial charge in [0.1, 0.15) is 6.04 Å². The second-order valence-corrected chi connectivity index (χ2v) is 8.57. The van der Waals surface area contributed by atoms with Crippen LogP contribution in [0.3, 0.4) is 0 Å². The maximum absolute atomic E-state index is 12.8. The molecule has 0 radical (unpaired) electrons. The summed E-state index contributed by atoms with van der Waals surface area (Å²) in [7, 11) is 0. The number of hydrogen-bond acceptors (Lipinski definition) is 5. The first-order valence-corrected chi connectivity index (χ1v) is 10.9. The Bertz CT molecular complexity index is 878. The van der Waals surface area contributed by atoms with Crippen molar-refractivity contribution < 1.29 is 9.59 Å². The summed E-state index contributed by atoms with van der Waals surface area (Å²) in [4.78, 5) is 26.8. The van der Waals surface area contributed by atoms with Crippen molar-refractivity contribution in [2.75, 3.05) is 18.2 Å². The van der Waals surface area contributed by atoms with E-state index in [4.69, 9.17) is 5.26 Å². The third kappa shape index (κ3) is 3.94. The number of nitrogens with zero attached hydrogens (tertiary/aromatic N) is 3. The van der Waals surface area contributed by atoms with Crippen LogP contribution in [0.5, 0.6) is 0 Å². The molecule has 1 atom stereocenters. The van der Waals surface area contributed by atoms with Gasteiger partial charge in [-0.15, -0.1) is 11.8 Å². The van der Waals surface area contributed by atoms with Crippen LogP contribution in [0.15, 0.2) is 36.7 Å². The molecule has 0 unspecified atom stereocenters. The average Bonchev–Trinajstić information content (AvgIpc) is 3.38. The Hall–Kier alpha value is -2.30. The van der Waals surface area contributed by atoms with Crippen molar-refractivity contribution in [1.82, 2.24) is 14.8 Å². The van der Waals surface area contributed by atoms with E-state index in [1.54, 1.807) is 21.2 Å². The van der Waals surface area contributed by atoms with Gasteiger partial charge in [-0.25, -0.2) is 0 Å². The number of benzene rings is 1. The number of aromatic nitrogens is 1. The second kappa shape index (κ2) is 8.38. The fourth-order valence-electron chi connectivity index (χ4n) is 4.09. The van der Waals surface area contributed by atoms with Crippen LogP contribution in [0.1, 0.15) is 30.5 Å². The van der Waals surface area contributed by atoms with Crippen molar-refractivity contribution in [2.24, 2.45) is 5.92 Å². The minimum Gasteiger partial charge on any atom is -0.315 e. The number of thioether (sulfide) groups is 1. The minimum absolute atomic E-state index is 0.00576. The predicted molar refractivity (Wildman–Crippen MR) is 110 cm³/mol. The van der Waals surface area contributed by atoms with Crippen molar-refractivity contribution in [3.8, 4) is 6.07 Å². The molecular formula is C21H24N4O2S. The lowest BCUT2D eigenvalue weighted by Gasteiger charge is -2.29. The summed E-state index contributed by atoms with van der Waals surface area (Å²) in [6.45, 7) is 0.269. The highest BCUT2D eigenvalue weighted by atomic mass is 32.2. The molecule has 6 nitrogen and oxygen atoms in total. The Labute approximate surface area is 168 Å². The van der Waals surface area contributed by atoms with E-state index in [0.717, 1.165) is 36.5 Å². The van der Waals surface area contributed by atoms with E-state index in [0.29, 0.717) is 11.6 Å². The summed E-state index contributed by atoms with van der Waals surface area (Å²) < 4.78 is 1.74. The lowest BCUT2D eigenvalue weighted by molar-refractivity contribution is -0.130. The second-order valence-electron chi connectivity index (χ2n) is 7.57. The highest BCUT2D eigenvalue weighted by Crippen LogP contribution is 2.27. The first-order chi connectivity index (χ1) is 13.7. The molecule has 0 bridgehead atoms. The van der Waals surface area contributed by atoms with Crippen LogP contribution < -0.4 is 5.32 Å². The highest BCUT2D eigenvalue weighted by molar-refractivity contribution is 7.99. The molecule has 1 aliphatic heterocycles. The van der Waals surface area contributed by atoms with Gasteiger partial charge in [0.2, 0.25) is 11.8 Å². The van der Waals surface area contributed by atoms with Gasteiger partial charge < -0.3 is 10.2 Å². The van der Waals surface area contributed by atoms with E-state index in [1.807, 2.05) is 36.7 Å². The summed E-state index contributed by atoms with van der Waals surface area (Å²) in [6, 6.07) is 10.2. The Morgan fingerprint density at radius 1 is 1.14 bits per heavy atom. The van der Waals surface area contributed by atoms with Gasteiger partial charge in [-0.1, -0.05) is 24.3 Å². The summed E-state index contributed by atoms with van der Waals surface area (Å²) >= 11 is 1.62. The molecule has 2 aromatic rings. The molecule has 1 N–H and O–H groups in total. The van der Waals surface area contributed by atoms with E-state index in [9.17, 15) is 9.59 Å². The van der Waals surface area contributed by atoms with E-state index in [1.165, 1.54) is 0 Å². The Balaban J connectivity index is 1.27. The van der Waals surface area contributed by atoms with Gasteiger partial charge in [-0.2, -0.15) is 5.26 Å². The molecule has 0 spiro atoms. The van der Waals surface area contributed by atoms with Crippen LogP contribution >= 0.6 is 11.8 Å². The third-order valence-electron chi connectivity index (χ3n) is 5.78. The summed E-state index contributed by atoms with van der Waals surface area (Å²) in [5.74, 6) is 1.49. The van der Waals surface area contributed by atoms with Crippen LogP contribution in [-0.2, 0) is 4.79 Å². The largest absolute Gasteiger partial charge is 0.315 e. The van der Waals surface area contributed by atoms with Crippen molar-refractivity contribution in [3.05, 3.63) is 36.7 Å². The summed E-state index contributed by atoms with van der Waals surface area (Å²) in [5, 5.41) is 14.6. The molecule has 4 rings (SSSR count). The summed E-state index contributed by atoms with van der Waals surface area (Å²) in [5.41, 5.74) is 0. The molecule has 28 heavy (non-hydrogen) atoms. The Morgan fingerprint density at radius 2 is 1.82 bits per heavy atom. The van der Waals surface area contributed by atoms with E-state index in [2.05, 4.69) is 11.4 Å². The topological polar surface area (TPSA) is 78.1 Å². The van der Waals surface area contributed by atoms with Gasteiger partial charge in [0, 0.05) is 30.1 Å². The zero-order valence-corrected chi connectivity index (χ0v) is 16.5. The molecule has 2 aliphatic rings. The fraction of sp³-hybridized carbons (Fsp3) is 0.476. The zero-order chi connectivity index (χ0) is 19.5. The molecule has 1 amide bonds. The molecule has 2 fully saturated rings. The maximum Gasteiger partial charge on any atom is 0.238 e. The van der Waals surface area contributed by atoms with Crippen molar-refractivity contribution >= 4 is 34.3 Å². The maximum atomic E-state index is 12.8. The van der Waals surface area contributed by atoms with E-state index >= 15 is 0 Å². The predicted octanol–water partition coefficient (Wildman–Crippen LogP) is 2.85. The summed E-state index contributed by atoms with van der Waals surface area (Å²) in [6.07, 6.45) is 7.28. The van der Waals surface area contributed by atoms with Gasteiger partial charge >= 0.3 is 0 Å². The van der Waals surface area contributed by atoms with Crippen molar-refractivity contribution in [1.29, 1.82) is 5.26 Å². The highest BCUT2D eigenvalue weighted by Gasteiger charge is 2.31. The number of amides is 1. The number of rotatable bonds is 4. The normalized spacial score (nSPS) is 25.0. The average molecular weight is 397 g/mol. The molecule has 2 heterocycles. The van der Waals surface area contributed by atoms with Gasteiger partial charge in [0.25, 0.3) is 0 Å². The molecule has 1 saturated heterocycles. The quantitative estimate of drug-likeness (QED) is 0.860. The van der Waals surface area contributed by atoms with Gasteiger partial charge in [-0.05, 0) is 36.5 Å².